The van der Waals surface area contributed by atoms with Crippen LogP contribution in [0.25, 0.3) is 0 Å². The molecule has 104 valence electrons. The van der Waals surface area contributed by atoms with Gasteiger partial charge in [0.25, 0.3) is 0 Å². The largest absolute Gasteiger partial charge is 0.370 e. The van der Waals surface area contributed by atoms with Crippen LogP contribution >= 0.6 is 0 Å². The molecule has 2 aromatic rings. The second-order valence-electron chi connectivity index (χ2n) is 5.02. The van der Waals surface area contributed by atoms with Gasteiger partial charge in [0.1, 0.15) is 11.9 Å². The van der Waals surface area contributed by atoms with Crippen LogP contribution in [0.15, 0.2) is 42.6 Å². The van der Waals surface area contributed by atoms with E-state index < -0.39 is 0 Å². The number of anilines is 1. The number of aryl methyl sites for hydroxylation is 1. The van der Waals surface area contributed by atoms with E-state index >= 15 is 0 Å². The molecule has 1 aromatic heterocycles. The number of ether oxygens (including phenoxy) is 1. The SMILES string of the molecule is Cc1cc(N2CCO[C@H](c3cccc(F)c3)C2)ccn1. The fourth-order valence-corrected chi connectivity index (χ4v) is 2.52. The molecule has 1 atom stereocenters. The van der Waals surface area contributed by atoms with Gasteiger partial charge in [-0.15, -0.1) is 0 Å². The molecule has 0 bridgehead atoms. The number of rotatable bonds is 2. The highest BCUT2D eigenvalue weighted by Gasteiger charge is 2.22. The van der Waals surface area contributed by atoms with E-state index in [1.807, 2.05) is 25.3 Å². The van der Waals surface area contributed by atoms with E-state index in [0.29, 0.717) is 6.61 Å². The summed E-state index contributed by atoms with van der Waals surface area (Å²) in [6, 6.07) is 10.7. The molecule has 3 rings (SSSR count). The van der Waals surface area contributed by atoms with E-state index in [9.17, 15) is 4.39 Å². The Kier molecular flexibility index (Phi) is 3.65. The van der Waals surface area contributed by atoms with Crippen LogP contribution in [0.5, 0.6) is 0 Å². The van der Waals surface area contributed by atoms with Crippen LogP contribution in [-0.4, -0.2) is 24.7 Å². The number of pyridine rings is 1. The third-order valence-corrected chi connectivity index (χ3v) is 3.53. The number of aromatic nitrogens is 1. The van der Waals surface area contributed by atoms with Gasteiger partial charge in [0.2, 0.25) is 0 Å². The number of benzene rings is 1. The normalized spacial score (nSPS) is 19.1. The number of nitrogens with zero attached hydrogens (tertiary/aromatic N) is 2. The molecule has 0 radical (unpaired) electrons. The molecule has 4 heteroatoms. The molecule has 2 heterocycles. The molecule has 0 N–H and O–H groups in total. The van der Waals surface area contributed by atoms with E-state index in [1.54, 1.807) is 12.1 Å². The molecule has 0 spiro atoms. The lowest BCUT2D eigenvalue weighted by molar-refractivity contribution is 0.0396. The maximum atomic E-state index is 13.3. The Morgan fingerprint density at radius 2 is 2.20 bits per heavy atom. The Morgan fingerprint density at radius 1 is 1.30 bits per heavy atom. The van der Waals surface area contributed by atoms with Crippen molar-refractivity contribution < 1.29 is 9.13 Å². The van der Waals surface area contributed by atoms with Crippen molar-refractivity contribution in [1.82, 2.24) is 4.98 Å². The van der Waals surface area contributed by atoms with Crippen LogP contribution in [0.1, 0.15) is 17.4 Å². The fourth-order valence-electron chi connectivity index (χ4n) is 2.52. The zero-order valence-electron chi connectivity index (χ0n) is 11.4. The molecule has 1 fully saturated rings. The Labute approximate surface area is 118 Å². The van der Waals surface area contributed by atoms with Gasteiger partial charge < -0.3 is 9.64 Å². The zero-order valence-corrected chi connectivity index (χ0v) is 11.4. The maximum absolute atomic E-state index is 13.3. The molecule has 1 aliphatic rings. The predicted molar refractivity (Wildman–Crippen MR) is 76.3 cm³/mol. The van der Waals surface area contributed by atoms with Gasteiger partial charge in [0, 0.05) is 30.7 Å². The summed E-state index contributed by atoms with van der Waals surface area (Å²) in [6.07, 6.45) is 1.73. The van der Waals surface area contributed by atoms with Crippen molar-refractivity contribution in [3.63, 3.8) is 0 Å². The lowest BCUT2D eigenvalue weighted by Gasteiger charge is -2.34. The van der Waals surface area contributed by atoms with Gasteiger partial charge in [-0.2, -0.15) is 0 Å². The summed E-state index contributed by atoms with van der Waals surface area (Å²) in [7, 11) is 0. The molecule has 0 aliphatic carbocycles. The number of morpholine rings is 1. The van der Waals surface area contributed by atoms with Gasteiger partial charge >= 0.3 is 0 Å². The van der Waals surface area contributed by atoms with E-state index in [0.717, 1.165) is 30.0 Å². The minimum Gasteiger partial charge on any atom is -0.370 e. The molecule has 1 aliphatic heterocycles. The van der Waals surface area contributed by atoms with Crippen molar-refractivity contribution >= 4 is 5.69 Å². The van der Waals surface area contributed by atoms with Gasteiger partial charge in [-0.25, -0.2) is 4.39 Å². The van der Waals surface area contributed by atoms with Gasteiger partial charge in [0.05, 0.1) is 6.61 Å². The summed E-state index contributed by atoms with van der Waals surface area (Å²) in [4.78, 5) is 6.47. The first-order valence-corrected chi connectivity index (χ1v) is 6.77. The highest BCUT2D eigenvalue weighted by atomic mass is 19.1. The highest BCUT2D eigenvalue weighted by molar-refractivity contribution is 5.47. The molecule has 1 aromatic carbocycles. The van der Waals surface area contributed by atoms with Crippen molar-refractivity contribution in [2.75, 3.05) is 24.6 Å². The Hall–Kier alpha value is -1.94. The number of hydrogen-bond acceptors (Lipinski definition) is 3. The van der Waals surface area contributed by atoms with Gasteiger partial charge in [-0.1, -0.05) is 12.1 Å². The van der Waals surface area contributed by atoms with E-state index in [2.05, 4.69) is 16.0 Å². The summed E-state index contributed by atoms with van der Waals surface area (Å²) in [5, 5.41) is 0. The summed E-state index contributed by atoms with van der Waals surface area (Å²) in [6.45, 7) is 4.19. The second kappa shape index (κ2) is 5.59. The predicted octanol–water partition coefficient (Wildman–Crippen LogP) is 3.11. The van der Waals surface area contributed by atoms with Crippen LogP contribution in [-0.2, 0) is 4.74 Å². The van der Waals surface area contributed by atoms with Crippen LogP contribution in [0, 0.1) is 12.7 Å². The monoisotopic (exact) mass is 272 g/mol. The average Bonchev–Trinajstić information content (AvgIpc) is 2.47. The molecular weight excluding hydrogens is 255 g/mol. The Morgan fingerprint density at radius 3 is 3.00 bits per heavy atom. The topological polar surface area (TPSA) is 25.4 Å². The Bertz CT molecular complexity index is 551. The van der Waals surface area contributed by atoms with Gasteiger partial charge in [-0.3, -0.25) is 4.98 Å². The summed E-state index contributed by atoms with van der Waals surface area (Å²) >= 11 is 0. The van der Waals surface area contributed by atoms with Crippen molar-refractivity contribution in [1.29, 1.82) is 0 Å². The van der Waals surface area contributed by atoms with E-state index in [-0.39, 0.29) is 11.9 Å². The number of hydrogen-bond donors (Lipinski definition) is 0. The van der Waals surface area contributed by atoms with Crippen molar-refractivity contribution in [3.05, 3.63) is 59.7 Å². The summed E-state index contributed by atoms with van der Waals surface area (Å²) in [5.74, 6) is -0.219. The minimum atomic E-state index is -0.219. The van der Waals surface area contributed by atoms with Crippen molar-refractivity contribution in [2.24, 2.45) is 0 Å². The third kappa shape index (κ3) is 2.80. The summed E-state index contributed by atoms with van der Waals surface area (Å²) in [5.41, 5.74) is 3.03. The molecule has 20 heavy (non-hydrogen) atoms. The standard InChI is InChI=1S/C16H17FN2O/c1-12-9-15(5-6-18-12)19-7-8-20-16(11-19)13-3-2-4-14(17)10-13/h2-6,9-10,16H,7-8,11H2,1H3/t16-/m0/s1. The highest BCUT2D eigenvalue weighted by Crippen LogP contribution is 2.26. The lowest BCUT2D eigenvalue weighted by Crippen LogP contribution is -2.38. The molecule has 3 nitrogen and oxygen atoms in total. The van der Waals surface area contributed by atoms with Crippen LogP contribution in [0.2, 0.25) is 0 Å². The maximum Gasteiger partial charge on any atom is 0.123 e. The first-order valence-electron chi connectivity index (χ1n) is 6.77. The molecule has 1 saturated heterocycles. The second-order valence-corrected chi connectivity index (χ2v) is 5.02. The number of halogens is 1. The molecule has 0 saturated carbocycles. The third-order valence-electron chi connectivity index (χ3n) is 3.53. The Balaban J connectivity index is 1.80. The van der Waals surface area contributed by atoms with E-state index in [4.69, 9.17) is 4.74 Å². The smallest absolute Gasteiger partial charge is 0.123 e. The van der Waals surface area contributed by atoms with Crippen LogP contribution in [0.3, 0.4) is 0 Å². The minimum absolute atomic E-state index is 0.0899. The fraction of sp³-hybridized carbons (Fsp3) is 0.312. The quantitative estimate of drug-likeness (QED) is 0.840. The first kappa shape index (κ1) is 13.1. The van der Waals surface area contributed by atoms with Gasteiger partial charge in [-0.05, 0) is 36.8 Å². The molecular formula is C16H17FN2O. The van der Waals surface area contributed by atoms with Crippen LogP contribution < -0.4 is 4.90 Å². The summed E-state index contributed by atoms with van der Waals surface area (Å²) < 4.78 is 19.1. The van der Waals surface area contributed by atoms with Crippen LogP contribution in [0.4, 0.5) is 10.1 Å². The van der Waals surface area contributed by atoms with Crippen molar-refractivity contribution in [2.45, 2.75) is 13.0 Å². The molecule has 0 unspecified atom stereocenters. The first-order chi connectivity index (χ1) is 9.72. The zero-order chi connectivity index (χ0) is 13.9. The van der Waals surface area contributed by atoms with Crippen molar-refractivity contribution in [3.8, 4) is 0 Å². The lowest BCUT2D eigenvalue weighted by atomic mass is 10.1. The van der Waals surface area contributed by atoms with Gasteiger partial charge in [0.15, 0.2) is 0 Å². The molecule has 0 amide bonds. The van der Waals surface area contributed by atoms with E-state index in [1.165, 1.54) is 6.07 Å². The average molecular weight is 272 g/mol.